The van der Waals surface area contributed by atoms with Crippen LogP contribution in [0.3, 0.4) is 0 Å². The Balaban J connectivity index is 2.11. The predicted octanol–water partition coefficient (Wildman–Crippen LogP) is 3.20. The molecule has 0 saturated carbocycles. The average molecular weight is 288 g/mol. The zero-order valence-corrected chi connectivity index (χ0v) is 12.5. The van der Waals surface area contributed by atoms with Gasteiger partial charge in [-0.25, -0.2) is 0 Å². The molecule has 4 heteroatoms. The van der Waals surface area contributed by atoms with Crippen LogP contribution in [0.25, 0.3) is 11.1 Å². The third-order valence-corrected chi connectivity index (χ3v) is 3.31. The van der Waals surface area contributed by atoms with Crippen molar-refractivity contribution in [1.29, 1.82) is 0 Å². The lowest BCUT2D eigenvalue weighted by Gasteiger charge is -2.11. The van der Waals surface area contributed by atoms with Gasteiger partial charge in [0.05, 0.1) is 18.5 Å². The minimum Gasteiger partial charge on any atom is -0.388 e. The van der Waals surface area contributed by atoms with Crippen molar-refractivity contribution in [3.63, 3.8) is 0 Å². The number of aliphatic hydroxyl groups is 1. The Labute approximate surface area is 125 Å². The zero-order valence-electron chi connectivity index (χ0n) is 12.5. The largest absolute Gasteiger partial charge is 0.388 e. The van der Waals surface area contributed by atoms with E-state index in [2.05, 4.69) is 9.88 Å². The molecule has 1 unspecified atom stereocenters. The van der Waals surface area contributed by atoms with Crippen molar-refractivity contribution in [3.05, 3.63) is 53.9 Å². The molecule has 0 saturated heterocycles. The van der Waals surface area contributed by atoms with E-state index in [9.17, 15) is 9.50 Å². The highest BCUT2D eigenvalue weighted by molar-refractivity contribution is 5.62. The van der Waals surface area contributed by atoms with Gasteiger partial charge in [0, 0.05) is 24.7 Å². The van der Waals surface area contributed by atoms with E-state index in [0.717, 1.165) is 28.9 Å². The monoisotopic (exact) mass is 288 g/mol. The molecular weight excluding hydrogens is 267 g/mol. The Morgan fingerprint density at radius 2 is 1.76 bits per heavy atom. The summed E-state index contributed by atoms with van der Waals surface area (Å²) in [5.41, 5.74) is 3.84. The third-order valence-electron chi connectivity index (χ3n) is 3.31. The van der Waals surface area contributed by atoms with Gasteiger partial charge in [-0.05, 0) is 31.3 Å². The van der Waals surface area contributed by atoms with Gasteiger partial charge in [-0.15, -0.1) is 0 Å². The van der Waals surface area contributed by atoms with E-state index in [1.54, 1.807) is 0 Å². The lowest BCUT2D eigenvalue weighted by molar-refractivity contribution is 0.156. The van der Waals surface area contributed by atoms with Crippen LogP contribution < -0.4 is 0 Å². The topological polar surface area (TPSA) is 36.4 Å². The number of nitrogens with zero attached hydrogens (tertiary/aromatic N) is 2. The molecule has 0 aliphatic rings. The molecule has 0 spiro atoms. The third kappa shape index (κ3) is 4.34. The highest BCUT2D eigenvalue weighted by atomic mass is 19.1. The molecule has 1 atom stereocenters. The summed E-state index contributed by atoms with van der Waals surface area (Å²) in [6.45, 7) is 0.300. The van der Waals surface area contributed by atoms with Gasteiger partial charge in [-0.3, -0.25) is 9.37 Å². The van der Waals surface area contributed by atoms with Crippen LogP contribution in [0.4, 0.5) is 4.39 Å². The van der Waals surface area contributed by atoms with Crippen molar-refractivity contribution in [2.45, 2.75) is 19.1 Å². The van der Waals surface area contributed by atoms with E-state index in [-0.39, 0.29) is 6.42 Å². The first-order valence-corrected chi connectivity index (χ1v) is 7.04. The maximum atomic E-state index is 12.2. The summed E-state index contributed by atoms with van der Waals surface area (Å²) in [4.78, 5) is 6.51. The summed E-state index contributed by atoms with van der Waals surface area (Å²) in [7, 11) is 4.02. The molecule has 2 aromatic rings. The van der Waals surface area contributed by atoms with Crippen molar-refractivity contribution in [3.8, 4) is 11.1 Å². The summed E-state index contributed by atoms with van der Waals surface area (Å²) in [5, 5.41) is 9.75. The summed E-state index contributed by atoms with van der Waals surface area (Å²) in [6.07, 6.45) is 1.26. The summed E-state index contributed by atoms with van der Waals surface area (Å²) >= 11 is 0. The van der Waals surface area contributed by atoms with Crippen LogP contribution in [0.5, 0.6) is 0 Å². The van der Waals surface area contributed by atoms with Crippen molar-refractivity contribution in [2.75, 3.05) is 20.8 Å². The Morgan fingerprint density at radius 1 is 1.10 bits per heavy atom. The first kappa shape index (κ1) is 15.6. The van der Waals surface area contributed by atoms with Crippen molar-refractivity contribution in [2.24, 2.45) is 0 Å². The molecule has 0 aliphatic carbocycles. The second-order valence-corrected chi connectivity index (χ2v) is 5.39. The van der Waals surface area contributed by atoms with E-state index in [1.165, 1.54) is 0 Å². The second-order valence-electron chi connectivity index (χ2n) is 5.39. The number of halogens is 1. The fourth-order valence-electron chi connectivity index (χ4n) is 2.18. The van der Waals surface area contributed by atoms with Gasteiger partial charge in [0.25, 0.3) is 0 Å². The predicted molar refractivity (Wildman–Crippen MR) is 82.6 cm³/mol. The molecule has 0 amide bonds. The molecule has 3 nitrogen and oxygen atoms in total. The van der Waals surface area contributed by atoms with Crippen LogP contribution in [0.2, 0.25) is 0 Å². The molecule has 112 valence electrons. The highest BCUT2D eigenvalue weighted by Crippen LogP contribution is 2.23. The minimum absolute atomic E-state index is 0.139. The second kappa shape index (κ2) is 7.29. The van der Waals surface area contributed by atoms with E-state index in [4.69, 9.17) is 0 Å². The number of aliphatic hydroxyl groups excluding tert-OH is 1. The molecule has 1 heterocycles. The molecule has 1 aromatic heterocycles. The molecule has 0 radical (unpaired) electrons. The van der Waals surface area contributed by atoms with E-state index in [1.807, 2.05) is 56.7 Å². The zero-order chi connectivity index (χ0) is 15.2. The van der Waals surface area contributed by atoms with Crippen molar-refractivity contribution >= 4 is 0 Å². The highest BCUT2D eigenvalue weighted by Gasteiger charge is 2.07. The first-order chi connectivity index (χ1) is 10.1. The van der Waals surface area contributed by atoms with Crippen molar-refractivity contribution in [1.82, 2.24) is 9.88 Å². The van der Waals surface area contributed by atoms with Crippen LogP contribution >= 0.6 is 0 Å². The Morgan fingerprint density at radius 3 is 2.29 bits per heavy atom. The number of benzene rings is 1. The summed E-state index contributed by atoms with van der Waals surface area (Å²) in [6, 6.07) is 11.6. The Kier molecular flexibility index (Phi) is 5.42. The molecule has 1 N–H and O–H groups in total. The van der Waals surface area contributed by atoms with Crippen LogP contribution in [0.1, 0.15) is 23.8 Å². The smallest absolute Gasteiger partial charge is 0.0922 e. The standard InChI is InChI=1S/C17H21FN2O/c1-20(2)12-16-8-7-15(11-19-16)13-3-5-14(6-4-13)17(21)9-10-18/h3-8,11,17,21H,9-10,12H2,1-2H3. The van der Waals surface area contributed by atoms with Gasteiger partial charge in [-0.2, -0.15) is 0 Å². The Hall–Kier alpha value is -1.78. The maximum absolute atomic E-state index is 12.2. The quantitative estimate of drug-likeness (QED) is 0.886. The molecule has 0 bridgehead atoms. The van der Waals surface area contributed by atoms with Gasteiger partial charge in [0.15, 0.2) is 0 Å². The number of aromatic nitrogens is 1. The number of hydrogen-bond donors (Lipinski definition) is 1. The summed E-state index contributed by atoms with van der Waals surface area (Å²) < 4.78 is 12.2. The Bertz CT molecular complexity index is 552. The minimum atomic E-state index is -0.732. The van der Waals surface area contributed by atoms with Gasteiger partial charge in [0.1, 0.15) is 0 Å². The average Bonchev–Trinajstić information content (AvgIpc) is 2.48. The van der Waals surface area contributed by atoms with E-state index in [0.29, 0.717) is 0 Å². The number of rotatable bonds is 6. The van der Waals surface area contributed by atoms with E-state index >= 15 is 0 Å². The number of hydrogen-bond acceptors (Lipinski definition) is 3. The van der Waals surface area contributed by atoms with Gasteiger partial charge < -0.3 is 10.0 Å². The molecular formula is C17H21FN2O. The summed E-state index contributed by atoms with van der Waals surface area (Å²) in [5.74, 6) is 0. The number of alkyl halides is 1. The normalized spacial score (nSPS) is 12.6. The lowest BCUT2D eigenvalue weighted by atomic mass is 10.0. The fourth-order valence-corrected chi connectivity index (χ4v) is 2.18. The van der Waals surface area contributed by atoms with Gasteiger partial charge >= 0.3 is 0 Å². The number of pyridine rings is 1. The van der Waals surface area contributed by atoms with Crippen molar-refractivity contribution < 1.29 is 9.50 Å². The molecule has 21 heavy (non-hydrogen) atoms. The maximum Gasteiger partial charge on any atom is 0.0922 e. The molecule has 2 rings (SSSR count). The SMILES string of the molecule is CN(C)Cc1ccc(-c2ccc(C(O)CCF)cc2)cn1. The van der Waals surface area contributed by atoms with Crippen LogP contribution in [0.15, 0.2) is 42.6 Å². The molecule has 0 aliphatic heterocycles. The van der Waals surface area contributed by atoms with E-state index < -0.39 is 12.8 Å². The lowest BCUT2D eigenvalue weighted by Crippen LogP contribution is -2.11. The van der Waals surface area contributed by atoms with Gasteiger partial charge in [0.2, 0.25) is 0 Å². The fraction of sp³-hybridized carbons (Fsp3) is 0.353. The van der Waals surface area contributed by atoms with Gasteiger partial charge in [-0.1, -0.05) is 30.3 Å². The molecule has 0 fully saturated rings. The van der Waals surface area contributed by atoms with Crippen LogP contribution in [-0.4, -0.2) is 35.8 Å². The van der Waals surface area contributed by atoms with Crippen LogP contribution in [0, 0.1) is 0 Å². The first-order valence-electron chi connectivity index (χ1n) is 7.04. The van der Waals surface area contributed by atoms with Crippen LogP contribution in [-0.2, 0) is 6.54 Å². The molecule has 1 aromatic carbocycles.